The van der Waals surface area contributed by atoms with Crippen molar-refractivity contribution in [1.29, 1.82) is 0 Å². The van der Waals surface area contributed by atoms with Gasteiger partial charge in [-0.25, -0.2) is 9.97 Å². The van der Waals surface area contributed by atoms with Gasteiger partial charge < -0.3 is 15.4 Å². The van der Waals surface area contributed by atoms with E-state index in [4.69, 9.17) is 14.7 Å². The number of hydrogen-bond acceptors (Lipinski definition) is 6. The molecule has 4 aromatic rings. The summed E-state index contributed by atoms with van der Waals surface area (Å²) in [6, 6.07) is 13.4. The number of aromatic nitrogens is 4. The Kier molecular flexibility index (Phi) is 3.90. The van der Waals surface area contributed by atoms with E-state index in [-0.39, 0.29) is 5.91 Å². The van der Waals surface area contributed by atoms with E-state index >= 15 is 0 Å². The average Bonchev–Trinajstić information content (AvgIpc) is 3.29. The highest BCUT2D eigenvalue weighted by atomic mass is 16.5. The third-order valence-electron chi connectivity index (χ3n) is 4.91. The minimum Gasteiger partial charge on any atom is -0.497 e. The fraction of sp³-hybridized carbons (Fsp3) is 0.143. The Morgan fingerprint density at radius 3 is 2.93 bits per heavy atom. The van der Waals surface area contributed by atoms with Crippen molar-refractivity contribution in [3.63, 3.8) is 0 Å². The highest BCUT2D eigenvalue weighted by Crippen LogP contribution is 2.31. The zero-order valence-electron chi connectivity index (χ0n) is 15.9. The van der Waals surface area contributed by atoms with E-state index in [0.29, 0.717) is 18.1 Å². The first-order valence-electron chi connectivity index (χ1n) is 9.15. The quantitative estimate of drug-likeness (QED) is 0.559. The number of hydrogen-bond donors (Lipinski definition) is 2. The van der Waals surface area contributed by atoms with Crippen molar-refractivity contribution < 1.29 is 9.53 Å². The van der Waals surface area contributed by atoms with Gasteiger partial charge in [-0.05, 0) is 35.9 Å². The molecule has 0 unspecified atom stereocenters. The SMILES string of the molecule is COc1cccc(Nc2nc(-c3ccc4c(c3)CC(=O)N4)nc3c2cnn3C)c1. The summed E-state index contributed by atoms with van der Waals surface area (Å²) in [6.45, 7) is 0. The predicted molar refractivity (Wildman–Crippen MR) is 110 cm³/mol. The summed E-state index contributed by atoms with van der Waals surface area (Å²) in [4.78, 5) is 21.1. The van der Waals surface area contributed by atoms with Crippen LogP contribution in [-0.4, -0.2) is 32.8 Å². The molecule has 8 heteroatoms. The van der Waals surface area contributed by atoms with Gasteiger partial charge in [0.1, 0.15) is 11.6 Å². The number of carbonyl (C=O) groups excluding carboxylic acids is 1. The number of benzene rings is 2. The van der Waals surface area contributed by atoms with Gasteiger partial charge >= 0.3 is 0 Å². The Hall–Kier alpha value is -3.94. The van der Waals surface area contributed by atoms with Gasteiger partial charge in [-0.2, -0.15) is 5.10 Å². The van der Waals surface area contributed by atoms with E-state index in [9.17, 15) is 4.79 Å². The Morgan fingerprint density at radius 1 is 1.17 bits per heavy atom. The lowest BCUT2D eigenvalue weighted by Crippen LogP contribution is -2.03. The molecule has 2 aromatic carbocycles. The van der Waals surface area contributed by atoms with Crippen molar-refractivity contribution in [2.75, 3.05) is 17.7 Å². The first-order chi connectivity index (χ1) is 14.1. The van der Waals surface area contributed by atoms with E-state index in [0.717, 1.165) is 39.3 Å². The number of nitrogens with zero attached hydrogens (tertiary/aromatic N) is 4. The monoisotopic (exact) mass is 386 g/mol. The van der Waals surface area contributed by atoms with Crippen molar-refractivity contribution in [3.8, 4) is 17.1 Å². The van der Waals surface area contributed by atoms with Gasteiger partial charge in [-0.1, -0.05) is 6.07 Å². The largest absolute Gasteiger partial charge is 0.497 e. The van der Waals surface area contributed by atoms with Gasteiger partial charge in [0.05, 0.1) is 25.1 Å². The van der Waals surface area contributed by atoms with Crippen LogP contribution in [-0.2, 0) is 18.3 Å². The number of fused-ring (bicyclic) bond motifs is 2. The molecule has 0 spiro atoms. The van der Waals surface area contributed by atoms with E-state index in [1.165, 1.54) is 0 Å². The second-order valence-corrected chi connectivity index (χ2v) is 6.86. The number of nitrogens with one attached hydrogen (secondary N) is 2. The van der Waals surface area contributed by atoms with Crippen molar-refractivity contribution in [2.24, 2.45) is 7.05 Å². The second-order valence-electron chi connectivity index (χ2n) is 6.86. The van der Waals surface area contributed by atoms with E-state index < -0.39 is 0 Å². The van der Waals surface area contributed by atoms with E-state index in [1.54, 1.807) is 18.0 Å². The lowest BCUT2D eigenvalue weighted by atomic mass is 10.1. The highest BCUT2D eigenvalue weighted by Gasteiger charge is 2.19. The van der Waals surface area contributed by atoms with Crippen molar-refractivity contribution in [2.45, 2.75) is 6.42 Å². The van der Waals surface area contributed by atoms with Gasteiger partial charge in [-0.3, -0.25) is 9.48 Å². The Bertz CT molecular complexity index is 1260. The van der Waals surface area contributed by atoms with Crippen LogP contribution in [0.1, 0.15) is 5.56 Å². The number of carbonyl (C=O) groups is 1. The fourth-order valence-corrected chi connectivity index (χ4v) is 3.45. The summed E-state index contributed by atoms with van der Waals surface area (Å²) in [6.07, 6.45) is 2.11. The van der Waals surface area contributed by atoms with Crippen LogP contribution in [0.5, 0.6) is 5.75 Å². The third-order valence-corrected chi connectivity index (χ3v) is 4.91. The minimum absolute atomic E-state index is 0.000496. The van der Waals surface area contributed by atoms with Gasteiger partial charge in [0.15, 0.2) is 11.5 Å². The van der Waals surface area contributed by atoms with Gasteiger partial charge in [0, 0.05) is 30.1 Å². The summed E-state index contributed by atoms with van der Waals surface area (Å²) in [5.74, 6) is 1.97. The molecule has 144 valence electrons. The summed E-state index contributed by atoms with van der Waals surface area (Å²) in [7, 11) is 3.48. The van der Waals surface area contributed by atoms with Crippen LogP contribution in [0, 0.1) is 0 Å². The number of methoxy groups -OCH3 is 1. The topological polar surface area (TPSA) is 94.0 Å². The molecular formula is C21H18N6O2. The molecule has 3 heterocycles. The molecule has 0 aliphatic carbocycles. The standard InChI is InChI=1S/C21H18N6O2/c1-27-21-16(11-22-27)20(23-14-4-3-5-15(10-14)29-2)25-19(26-21)12-6-7-17-13(8-12)9-18(28)24-17/h3-8,10-11H,9H2,1-2H3,(H,24,28)(H,23,25,26). The third kappa shape index (κ3) is 3.04. The molecule has 2 N–H and O–H groups in total. The highest BCUT2D eigenvalue weighted by molar-refractivity contribution is 5.99. The Balaban J connectivity index is 1.61. The van der Waals surface area contributed by atoms with Crippen LogP contribution in [0.4, 0.5) is 17.2 Å². The molecule has 0 saturated heterocycles. The van der Waals surface area contributed by atoms with E-state index in [2.05, 4.69) is 15.7 Å². The summed E-state index contributed by atoms with van der Waals surface area (Å²) < 4.78 is 7.02. The number of amides is 1. The first kappa shape index (κ1) is 17.2. The van der Waals surface area contributed by atoms with Gasteiger partial charge in [0.25, 0.3) is 0 Å². The summed E-state index contributed by atoms with van der Waals surface area (Å²) in [5.41, 5.74) is 4.20. The van der Waals surface area contributed by atoms with Crippen LogP contribution in [0.25, 0.3) is 22.4 Å². The maximum Gasteiger partial charge on any atom is 0.228 e. The normalized spacial score (nSPS) is 12.7. The number of aryl methyl sites for hydroxylation is 1. The maximum absolute atomic E-state index is 11.7. The summed E-state index contributed by atoms with van der Waals surface area (Å²) >= 11 is 0. The molecule has 0 bridgehead atoms. The molecule has 0 radical (unpaired) electrons. The number of ether oxygens (including phenoxy) is 1. The zero-order valence-corrected chi connectivity index (χ0v) is 15.9. The first-order valence-corrected chi connectivity index (χ1v) is 9.15. The van der Waals surface area contributed by atoms with Crippen molar-refractivity contribution in [3.05, 3.63) is 54.2 Å². The number of rotatable bonds is 4. The van der Waals surface area contributed by atoms with Crippen LogP contribution in [0.2, 0.25) is 0 Å². The van der Waals surface area contributed by atoms with Crippen LogP contribution >= 0.6 is 0 Å². The molecule has 2 aromatic heterocycles. The van der Waals surface area contributed by atoms with Crippen LogP contribution in [0.15, 0.2) is 48.7 Å². The average molecular weight is 386 g/mol. The molecule has 0 fully saturated rings. The molecule has 1 amide bonds. The maximum atomic E-state index is 11.7. The zero-order chi connectivity index (χ0) is 20.0. The second kappa shape index (κ2) is 6.59. The molecule has 5 rings (SSSR count). The Morgan fingerprint density at radius 2 is 2.07 bits per heavy atom. The van der Waals surface area contributed by atoms with Crippen LogP contribution in [0.3, 0.4) is 0 Å². The molecule has 29 heavy (non-hydrogen) atoms. The molecular weight excluding hydrogens is 368 g/mol. The van der Waals surface area contributed by atoms with Gasteiger partial charge in [-0.15, -0.1) is 0 Å². The molecule has 0 atom stereocenters. The number of anilines is 3. The molecule has 0 saturated carbocycles. The predicted octanol–water partition coefficient (Wildman–Crippen LogP) is 3.28. The minimum atomic E-state index is 0.000496. The lowest BCUT2D eigenvalue weighted by molar-refractivity contribution is -0.115. The molecule has 1 aliphatic heterocycles. The molecule has 1 aliphatic rings. The van der Waals surface area contributed by atoms with Crippen LogP contribution < -0.4 is 15.4 Å². The fourth-order valence-electron chi connectivity index (χ4n) is 3.45. The van der Waals surface area contributed by atoms with Crippen molar-refractivity contribution >= 4 is 34.1 Å². The smallest absolute Gasteiger partial charge is 0.228 e. The van der Waals surface area contributed by atoms with Crippen molar-refractivity contribution in [1.82, 2.24) is 19.7 Å². The molecule has 8 nitrogen and oxygen atoms in total. The Labute approximate surface area is 166 Å². The lowest BCUT2D eigenvalue weighted by Gasteiger charge is -2.11. The summed E-state index contributed by atoms with van der Waals surface area (Å²) in [5, 5.41) is 11.3. The van der Waals surface area contributed by atoms with Gasteiger partial charge in [0.2, 0.25) is 5.91 Å². The van der Waals surface area contributed by atoms with E-state index in [1.807, 2.05) is 49.5 Å².